The van der Waals surface area contributed by atoms with Crippen LogP contribution in [0.3, 0.4) is 0 Å². The van der Waals surface area contributed by atoms with Crippen molar-refractivity contribution in [3.63, 3.8) is 0 Å². The number of para-hydroxylation sites is 1. The first-order valence-electron chi connectivity index (χ1n) is 10.5. The highest BCUT2D eigenvalue weighted by atomic mass is 32.1. The van der Waals surface area contributed by atoms with Gasteiger partial charge in [-0.05, 0) is 30.3 Å². The van der Waals surface area contributed by atoms with Crippen LogP contribution in [0.1, 0.15) is 5.01 Å². The smallest absolute Gasteiger partial charge is 0.238 e. The highest BCUT2D eigenvalue weighted by Gasteiger charge is 2.22. The summed E-state index contributed by atoms with van der Waals surface area (Å²) < 4.78 is 14.4. The lowest BCUT2D eigenvalue weighted by Gasteiger charge is -2.34. The molecule has 1 aromatic heterocycles. The fourth-order valence-electron chi connectivity index (χ4n) is 3.67. The SMILES string of the molecule is CN(Cc1nc2ccccc2s1)C(=O)CN1CCN(CC(=O)Nc2cccc(F)c2)CC1. The van der Waals surface area contributed by atoms with Crippen LogP contribution in [0.5, 0.6) is 0 Å². The topological polar surface area (TPSA) is 68.8 Å². The van der Waals surface area contributed by atoms with E-state index in [1.807, 2.05) is 29.2 Å². The van der Waals surface area contributed by atoms with Gasteiger partial charge in [-0.25, -0.2) is 9.37 Å². The Kier molecular flexibility index (Phi) is 7.09. The van der Waals surface area contributed by atoms with Crippen molar-refractivity contribution in [3.05, 3.63) is 59.4 Å². The molecule has 1 saturated heterocycles. The molecule has 0 radical (unpaired) electrons. The molecule has 1 aliphatic rings. The molecule has 0 bridgehead atoms. The Bertz CT molecular complexity index is 1060. The minimum absolute atomic E-state index is 0.0570. The molecule has 9 heteroatoms. The molecular weight excluding hydrogens is 429 g/mol. The van der Waals surface area contributed by atoms with Crippen molar-refractivity contribution >= 4 is 39.1 Å². The number of hydrogen-bond acceptors (Lipinski definition) is 6. The summed E-state index contributed by atoms with van der Waals surface area (Å²) in [6.45, 7) is 3.93. The molecule has 1 fully saturated rings. The number of halogens is 1. The van der Waals surface area contributed by atoms with Crippen molar-refractivity contribution in [2.75, 3.05) is 51.6 Å². The minimum atomic E-state index is -0.380. The van der Waals surface area contributed by atoms with Gasteiger partial charge in [0.05, 0.1) is 29.9 Å². The van der Waals surface area contributed by atoms with Gasteiger partial charge in [-0.2, -0.15) is 0 Å². The minimum Gasteiger partial charge on any atom is -0.338 e. The Morgan fingerprint density at radius 3 is 2.50 bits per heavy atom. The quantitative estimate of drug-likeness (QED) is 0.593. The molecule has 1 N–H and O–H groups in total. The number of thiazole rings is 1. The van der Waals surface area contributed by atoms with Crippen molar-refractivity contribution in [3.8, 4) is 0 Å². The van der Waals surface area contributed by atoms with Crippen LogP contribution in [0.2, 0.25) is 0 Å². The largest absolute Gasteiger partial charge is 0.338 e. The first-order chi connectivity index (χ1) is 15.5. The maximum Gasteiger partial charge on any atom is 0.238 e. The van der Waals surface area contributed by atoms with Crippen molar-refractivity contribution in [1.29, 1.82) is 0 Å². The molecule has 0 atom stereocenters. The van der Waals surface area contributed by atoms with Crippen LogP contribution in [0.25, 0.3) is 10.2 Å². The Hall–Kier alpha value is -2.88. The maximum absolute atomic E-state index is 13.2. The zero-order chi connectivity index (χ0) is 22.5. The van der Waals surface area contributed by atoms with Gasteiger partial charge >= 0.3 is 0 Å². The summed E-state index contributed by atoms with van der Waals surface area (Å²) in [5.41, 5.74) is 1.42. The molecule has 168 valence electrons. The van der Waals surface area contributed by atoms with E-state index in [9.17, 15) is 14.0 Å². The summed E-state index contributed by atoms with van der Waals surface area (Å²) >= 11 is 1.61. The monoisotopic (exact) mass is 455 g/mol. The predicted molar refractivity (Wildman–Crippen MR) is 124 cm³/mol. The molecule has 2 aromatic carbocycles. The first-order valence-corrected chi connectivity index (χ1v) is 11.4. The van der Waals surface area contributed by atoms with Crippen molar-refractivity contribution in [2.24, 2.45) is 0 Å². The number of carbonyl (C=O) groups is 2. The zero-order valence-corrected chi connectivity index (χ0v) is 18.8. The van der Waals surface area contributed by atoms with Crippen molar-refractivity contribution < 1.29 is 14.0 Å². The van der Waals surface area contributed by atoms with Gasteiger partial charge in [0.1, 0.15) is 10.8 Å². The summed E-state index contributed by atoms with van der Waals surface area (Å²) in [6, 6.07) is 13.8. The van der Waals surface area contributed by atoms with E-state index in [1.165, 1.54) is 12.1 Å². The normalized spacial score (nSPS) is 15.1. The molecule has 2 amide bonds. The van der Waals surface area contributed by atoms with Crippen LogP contribution in [-0.2, 0) is 16.1 Å². The third-order valence-electron chi connectivity index (χ3n) is 5.44. The number of rotatable bonds is 7. The van der Waals surface area contributed by atoms with Crippen LogP contribution >= 0.6 is 11.3 Å². The average Bonchev–Trinajstić information content (AvgIpc) is 3.17. The van der Waals surface area contributed by atoms with Crippen molar-refractivity contribution in [1.82, 2.24) is 19.7 Å². The van der Waals surface area contributed by atoms with Gasteiger partial charge in [0, 0.05) is 38.9 Å². The molecule has 0 saturated carbocycles. The summed E-state index contributed by atoms with van der Waals surface area (Å²) in [5.74, 6) is -0.494. The zero-order valence-electron chi connectivity index (χ0n) is 18.0. The molecule has 2 heterocycles. The second kappa shape index (κ2) is 10.2. The second-order valence-corrected chi connectivity index (χ2v) is 9.05. The second-order valence-electron chi connectivity index (χ2n) is 7.94. The lowest BCUT2D eigenvalue weighted by atomic mass is 10.3. The van der Waals surface area contributed by atoms with Gasteiger partial charge in [0.2, 0.25) is 11.8 Å². The Morgan fingerprint density at radius 1 is 1.06 bits per heavy atom. The highest BCUT2D eigenvalue weighted by molar-refractivity contribution is 7.18. The van der Waals surface area contributed by atoms with Gasteiger partial charge < -0.3 is 10.2 Å². The standard InChI is InChI=1S/C23H26FN5O2S/c1-27(15-22-26-19-7-2-3-8-20(19)32-22)23(31)16-29-11-9-28(10-12-29)14-21(30)25-18-6-4-5-17(24)13-18/h2-8,13H,9-12,14-16H2,1H3,(H,25,30). The van der Waals surface area contributed by atoms with E-state index in [0.29, 0.717) is 45.0 Å². The third-order valence-corrected chi connectivity index (χ3v) is 6.46. The van der Waals surface area contributed by atoms with E-state index in [4.69, 9.17) is 0 Å². The third kappa shape index (κ3) is 5.87. The number of benzene rings is 2. The van der Waals surface area contributed by atoms with Crippen LogP contribution < -0.4 is 5.32 Å². The highest BCUT2D eigenvalue weighted by Crippen LogP contribution is 2.22. The molecule has 0 aliphatic carbocycles. The number of hydrogen-bond donors (Lipinski definition) is 1. The molecule has 7 nitrogen and oxygen atoms in total. The van der Waals surface area contributed by atoms with E-state index in [2.05, 4.69) is 15.2 Å². The molecule has 32 heavy (non-hydrogen) atoms. The van der Waals surface area contributed by atoms with E-state index in [-0.39, 0.29) is 24.2 Å². The van der Waals surface area contributed by atoms with E-state index in [0.717, 1.165) is 15.2 Å². The molecule has 3 aromatic rings. The molecular formula is C23H26FN5O2S. The number of aromatic nitrogens is 1. The van der Waals surface area contributed by atoms with E-state index >= 15 is 0 Å². The van der Waals surface area contributed by atoms with Crippen molar-refractivity contribution in [2.45, 2.75) is 6.54 Å². The van der Waals surface area contributed by atoms with Gasteiger partial charge in [0.15, 0.2) is 0 Å². The predicted octanol–water partition coefficient (Wildman–Crippen LogP) is 2.65. The number of carbonyl (C=O) groups excluding carboxylic acids is 2. The lowest BCUT2D eigenvalue weighted by Crippen LogP contribution is -2.51. The number of nitrogens with zero attached hydrogens (tertiary/aromatic N) is 4. The number of anilines is 1. The number of amides is 2. The lowest BCUT2D eigenvalue weighted by molar-refractivity contribution is -0.132. The average molecular weight is 456 g/mol. The summed E-state index contributed by atoms with van der Waals surface area (Å²) in [7, 11) is 1.81. The van der Waals surface area contributed by atoms with Gasteiger partial charge in [-0.15, -0.1) is 11.3 Å². The van der Waals surface area contributed by atoms with Crippen LogP contribution in [-0.4, -0.2) is 77.8 Å². The molecule has 0 spiro atoms. The fourth-order valence-corrected chi connectivity index (χ4v) is 4.69. The Balaban J connectivity index is 1.20. The van der Waals surface area contributed by atoms with Gasteiger partial charge in [-0.3, -0.25) is 19.4 Å². The first kappa shape index (κ1) is 22.3. The summed E-state index contributed by atoms with van der Waals surface area (Å²) in [4.78, 5) is 35.4. The molecule has 0 unspecified atom stereocenters. The number of nitrogens with one attached hydrogen (secondary N) is 1. The van der Waals surface area contributed by atoms with Gasteiger partial charge in [0.25, 0.3) is 0 Å². The number of fused-ring (bicyclic) bond motifs is 1. The summed E-state index contributed by atoms with van der Waals surface area (Å²) in [6.07, 6.45) is 0. The maximum atomic E-state index is 13.2. The number of likely N-dealkylation sites (N-methyl/N-ethyl adjacent to an activating group) is 1. The Labute approximate surface area is 190 Å². The Morgan fingerprint density at radius 2 is 1.78 bits per heavy atom. The van der Waals surface area contributed by atoms with E-state index in [1.54, 1.807) is 35.4 Å². The molecule has 1 aliphatic heterocycles. The molecule has 4 rings (SSSR count). The fraction of sp³-hybridized carbons (Fsp3) is 0.348. The van der Waals surface area contributed by atoms with E-state index < -0.39 is 0 Å². The van der Waals surface area contributed by atoms with Gasteiger partial charge in [-0.1, -0.05) is 18.2 Å². The number of piperazine rings is 1. The van der Waals surface area contributed by atoms with Crippen LogP contribution in [0, 0.1) is 5.82 Å². The summed E-state index contributed by atoms with van der Waals surface area (Å²) in [5, 5.41) is 3.65. The van der Waals surface area contributed by atoms with Crippen LogP contribution in [0.15, 0.2) is 48.5 Å². The van der Waals surface area contributed by atoms with Crippen LogP contribution in [0.4, 0.5) is 10.1 Å².